The van der Waals surface area contributed by atoms with Crippen LogP contribution in [0.1, 0.15) is 13.8 Å². The number of ether oxygens (including phenoxy) is 1. The third-order valence-corrected chi connectivity index (χ3v) is 3.72. The van der Waals surface area contributed by atoms with Crippen molar-refractivity contribution < 1.29 is 14.5 Å². The molecule has 0 radical (unpaired) electrons. The number of hydrogen-bond donors (Lipinski definition) is 2. The molecule has 2 N–H and O–H groups in total. The van der Waals surface area contributed by atoms with Crippen molar-refractivity contribution in [3.8, 4) is 0 Å². The van der Waals surface area contributed by atoms with Crippen molar-refractivity contribution in [3.63, 3.8) is 0 Å². The molecule has 1 aromatic carbocycles. The van der Waals surface area contributed by atoms with Crippen LogP contribution in [0.3, 0.4) is 0 Å². The Hall–Kier alpha value is -2.19. The lowest BCUT2D eigenvalue weighted by Crippen LogP contribution is -2.49. The first-order valence-electron chi connectivity index (χ1n) is 8.07. The molecule has 2 rings (SSSR count). The van der Waals surface area contributed by atoms with Gasteiger partial charge in [0.15, 0.2) is 0 Å². The number of nitrogens with one attached hydrogen (secondary N) is 2. The Balaban J connectivity index is 1.64. The third-order valence-electron chi connectivity index (χ3n) is 3.72. The van der Waals surface area contributed by atoms with E-state index in [4.69, 9.17) is 4.74 Å². The van der Waals surface area contributed by atoms with Crippen LogP contribution in [0.4, 0.5) is 11.4 Å². The molecule has 132 valence electrons. The van der Waals surface area contributed by atoms with Gasteiger partial charge in [-0.3, -0.25) is 19.8 Å². The molecule has 0 bridgehead atoms. The van der Waals surface area contributed by atoms with E-state index in [-0.39, 0.29) is 23.8 Å². The van der Waals surface area contributed by atoms with Gasteiger partial charge in [-0.15, -0.1) is 0 Å². The summed E-state index contributed by atoms with van der Waals surface area (Å²) in [4.78, 5) is 24.2. The third kappa shape index (κ3) is 5.78. The molecule has 1 aromatic rings. The van der Waals surface area contributed by atoms with E-state index in [2.05, 4.69) is 15.5 Å². The van der Waals surface area contributed by atoms with Crippen molar-refractivity contribution in [2.24, 2.45) is 0 Å². The molecule has 8 nitrogen and oxygen atoms in total. The lowest BCUT2D eigenvalue weighted by Gasteiger charge is -2.34. The van der Waals surface area contributed by atoms with Gasteiger partial charge in [0.05, 0.1) is 23.7 Å². The van der Waals surface area contributed by atoms with E-state index in [0.717, 1.165) is 18.8 Å². The van der Waals surface area contributed by atoms with Gasteiger partial charge in [0, 0.05) is 44.0 Å². The van der Waals surface area contributed by atoms with E-state index < -0.39 is 4.92 Å². The Labute approximate surface area is 141 Å². The van der Waals surface area contributed by atoms with Crippen LogP contribution < -0.4 is 10.6 Å². The Bertz CT molecular complexity index is 554. The monoisotopic (exact) mass is 336 g/mol. The summed E-state index contributed by atoms with van der Waals surface area (Å²) in [5.41, 5.74) is 0.841. The number of anilines is 1. The molecular weight excluding hydrogens is 312 g/mol. The number of rotatable bonds is 7. The summed E-state index contributed by atoms with van der Waals surface area (Å²) >= 11 is 0. The van der Waals surface area contributed by atoms with Gasteiger partial charge in [0.25, 0.3) is 5.69 Å². The molecule has 0 spiro atoms. The highest BCUT2D eigenvalue weighted by atomic mass is 16.6. The molecule has 0 aliphatic carbocycles. The number of carbonyl (C=O) groups excluding carboxylic acids is 1. The van der Waals surface area contributed by atoms with E-state index in [0.29, 0.717) is 19.6 Å². The van der Waals surface area contributed by atoms with Gasteiger partial charge in [-0.2, -0.15) is 0 Å². The minimum absolute atomic E-state index is 0.0122. The summed E-state index contributed by atoms with van der Waals surface area (Å²) < 4.78 is 5.64. The fourth-order valence-corrected chi connectivity index (χ4v) is 2.78. The maximum Gasteiger partial charge on any atom is 0.269 e. The lowest BCUT2D eigenvalue weighted by molar-refractivity contribution is -0.384. The molecule has 0 unspecified atom stereocenters. The van der Waals surface area contributed by atoms with Gasteiger partial charge >= 0.3 is 0 Å². The Kier molecular flexibility index (Phi) is 6.51. The van der Waals surface area contributed by atoms with Crippen LogP contribution in [-0.4, -0.2) is 60.7 Å². The summed E-state index contributed by atoms with van der Waals surface area (Å²) in [6.07, 6.45) is 0.288. The minimum Gasteiger partial charge on any atom is -0.383 e. The van der Waals surface area contributed by atoms with Crippen molar-refractivity contribution in [1.82, 2.24) is 10.2 Å². The summed E-state index contributed by atoms with van der Waals surface area (Å²) in [6.45, 7) is 6.96. The van der Waals surface area contributed by atoms with Crippen LogP contribution >= 0.6 is 0 Å². The number of carbonyl (C=O) groups is 1. The second kappa shape index (κ2) is 8.60. The van der Waals surface area contributed by atoms with Crippen molar-refractivity contribution in [1.29, 1.82) is 0 Å². The van der Waals surface area contributed by atoms with Crippen LogP contribution in [0.5, 0.6) is 0 Å². The zero-order valence-corrected chi connectivity index (χ0v) is 14.0. The predicted molar refractivity (Wildman–Crippen MR) is 91.0 cm³/mol. The smallest absolute Gasteiger partial charge is 0.269 e. The van der Waals surface area contributed by atoms with E-state index in [1.807, 2.05) is 13.8 Å². The SMILES string of the molecule is C[C@@H]1CN(CC(=O)NCCNc2ccc([N+](=O)[O-])cc2)C[C@H](C)O1. The number of nitro benzene ring substituents is 1. The molecule has 8 heteroatoms. The second-order valence-electron chi connectivity index (χ2n) is 6.03. The zero-order valence-electron chi connectivity index (χ0n) is 14.0. The molecule has 1 fully saturated rings. The molecule has 1 aliphatic heterocycles. The molecular formula is C16H24N4O4. The minimum atomic E-state index is -0.433. The number of morpholine rings is 1. The first-order valence-corrected chi connectivity index (χ1v) is 8.07. The van der Waals surface area contributed by atoms with Crippen LogP contribution in [0, 0.1) is 10.1 Å². The first-order chi connectivity index (χ1) is 11.4. The van der Waals surface area contributed by atoms with Crippen molar-refractivity contribution in [3.05, 3.63) is 34.4 Å². The van der Waals surface area contributed by atoms with Crippen LogP contribution in [0.15, 0.2) is 24.3 Å². The van der Waals surface area contributed by atoms with Gasteiger partial charge in [0.2, 0.25) is 5.91 Å². The van der Waals surface area contributed by atoms with E-state index in [1.165, 1.54) is 12.1 Å². The number of non-ortho nitro benzene ring substituents is 1. The molecule has 24 heavy (non-hydrogen) atoms. The molecule has 2 atom stereocenters. The largest absolute Gasteiger partial charge is 0.383 e. The fraction of sp³-hybridized carbons (Fsp3) is 0.562. The quantitative estimate of drug-likeness (QED) is 0.442. The number of nitro groups is 1. The van der Waals surface area contributed by atoms with E-state index >= 15 is 0 Å². The molecule has 1 heterocycles. The summed E-state index contributed by atoms with van der Waals surface area (Å²) in [5, 5.41) is 16.6. The number of amides is 1. The molecule has 1 saturated heterocycles. The van der Waals surface area contributed by atoms with E-state index in [9.17, 15) is 14.9 Å². The van der Waals surface area contributed by atoms with E-state index in [1.54, 1.807) is 12.1 Å². The molecule has 1 amide bonds. The molecule has 0 aromatic heterocycles. The lowest BCUT2D eigenvalue weighted by atomic mass is 10.2. The normalized spacial score (nSPS) is 21.2. The maximum atomic E-state index is 12.0. The Morgan fingerprint density at radius 1 is 1.25 bits per heavy atom. The predicted octanol–water partition coefficient (Wildman–Crippen LogP) is 1.23. The zero-order chi connectivity index (χ0) is 17.5. The molecule has 1 aliphatic rings. The van der Waals surface area contributed by atoms with Crippen molar-refractivity contribution >= 4 is 17.3 Å². The van der Waals surface area contributed by atoms with Gasteiger partial charge in [-0.1, -0.05) is 0 Å². The number of nitrogens with zero attached hydrogens (tertiary/aromatic N) is 2. The Morgan fingerprint density at radius 2 is 1.88 bits per heavy atom. The van der Waals surface area contributed by atoms with Crippen molar-refractivity contribution in [2.45, 2.75) is 26.1 Å². The first kappa shape index (κ1) is 18.2. The number of hydrogen-bond acceptors (Lipinski definition) is 6. The van der Waals surface area contributed by atoms with Crippen LogP contribution in [-0.2, 0) is 9.53 Å². The van der Waals surface area contributed by atoms with Crippen LogP contribution in [0.25, 0.3) is 0 Å². The Morgan fingerprint density at radius 3 is 2.46 bits per heavy atom. The maximum absolute atomic E-state index is 12.0. The van der Waals surface area contributed by atoms with Gasteiger partial charge < -0.3 is 15.4 Å². The topological polar surface area (TPSA) is 96.7 Å². The standard InChI is InChI=1S/C16H24N4O4/c1-12-9-19(10-13(2)24-12)11-16(21)18-8-7-17-14-3-5-15(6-4-14)20(22)23/h3-6,12-13,17H,7-11H2,1-2H3,(H,18,21)/t12-,13+. The highest BCUT2D eigenvalue weighted by Gasteiger charge is 2.23. The van der Waals surface area contributed by atoms with Crippen LogP contribution in [0.2, 0.25) is 0 Å². The summed E-state index contributed by atoms with van der Waals surface area (Å²) in [7, 11) is 0. The molecule has 0 saturated carbocycles. The number of benzene rings is 1. The average Bonchev–Trinajstić information content (AvgIpc) is 2.51. The average molecular weight is 336 g/mol. The summed E-state index contributed by atoms with van der Waals surface area (Å²) in [5.74, 6) is -0.0122. The van der Waals surface area contributed by atoms with Gasteiger partial charge in [-0.05, 0) is 26.0 Å². The van der Waals surface area contributed by atoms with Crippen molar-refractivity contribution in [2.75, 3.05) is 38.0 Å². The highest BCUT2D eigenvalue weighted by Crippen LogP contribution is 2.14. The van der Waals surface area contributed by atoms with Gasteiger partial charge in [0.1, 0.15) is 0 Å². The highest BCUT2D eigenvalue weighted by molar-refractivity contribution is 5.78. The summed E-state index contributed by atoms with van der Waals surface area (Å²) in [6, 6.07) is 6.19. The second-order valence-corrected chi connectivity index (χ2v) is 6.03. The van der Waals surface area contributed by atoms with Gasteiger partial charge in [-0.25, -0.2) is 0 Å². The fourth-order valence-electron chi connectivity index (χ4n) is 2.78.